The van der Waals surface area contributed by atoms with Crippen molar-refractivity contribution in [2.24, 2.45) is 5.41 Å². The fraction of sp³-hybridized carbons (Fsp3) is 0.778. The van der Waals surface area contributed by atoms with E-state index in [0.717, 1.165) is 18.6 Å². The Morgan fingerprint density at radius 1 is 1.41 bits per heavy atom. The molecule has 96 valence electrons. The lowest BCUT2D eigenvalue weighted by molar-refractivity contribution is -0.146. The fourth-order valence-electron chi connectivity index (χ4n) is 1.73. The second kappa shape index (κ2) is 4.08. The highest BCUT2D eigenvalue weighted by Crippen LogP contribution is 2.44. The highest BCUT2D eigenvalue weighted by atomic mass is 32.2. The quantitative estimate of drug-likeness (QED) is 0.673. The van der Waals surface area contributed by atoms with Crippen LogP contribution in [0.1, 0.15) is 32.0 Å². The molecular formula is C9H13F3N4S. The third-order valence-corrected chi connectivity index (χ3v) is 4.41. The first-order chi connectivity index (χ1) is 7.82. The Balaban J connectivity index is 2.05. The summed E-state index contributed by atoms with van der Waals surface area (Å²) in [5.41, 5.74) is 0.203. The zero-order chi connectivity index (χ0) is 12.7. The lowest BCUT2D eigenvalue weighted by atomic mass is 9.72. The first-order valence-corrected chi connectivity index (χ1v) is 6.21. The molecule has 4 nitrogen and oxygen atoms in total. The van der Waals surface area contributed by atoms with Gasteiger partial charge in [-0.3, -0.25) is 0 Å². The van der Waals surface area contributed by atoms with Crippen LogP contribution in [0.4, 0.5) is 13.2 Å². The van der Waals surface area contributed by atoms with Gasteiger partial charge in [0, 0.05) is 5.75 Å². The summed E-state index contributed by atoms with van der Waals surface area (Å²) in [4.78, 5) is 0. The number of nitrogens with two attached hydrogens (primary N) is 1. The van der Waals surface area contributed by atoms with Gasteiger partial charge in [-0.2, -0.15) is 13.2 Å². The minimum absolute atomic E-state index is 0.116. The van der Waals surface area contributed by atoms with E-state index in [0.29, 0.717) is 4.68 Å². The minimum Gasteiger partial charge on any atom is -0.335 e. The maximum absolute atomic E-state index is 12.4. The Morgan fingerprint density at radius 3 is 2.47 bits per heavy atom. The Labute approximate surface area is 101 Å². The van der Waals surface area contributed by atoms with Crippen molar-refractivity contribution >= 4 is 11.8 Å². The van der Waals surface area contributed by atoms with Crippen molar-refractivity contribution < 1.29 is 13.2 Å². The largest absolute Gasteiger partial charge is 0.453 e. The molecule has 2 rings (SSSR count). The van der Waals surface area contributed by atoms with Gasteiger partial charge >= 0.3 is 6.18 Å². The van der Waals surface area contributed by atoms with E-state index in [-0.39, 0.29) is 10.6 Å². The third kappa shape index (κ3) is 2.51. The van der Waals surface area contributed by atoms with E-state index >= 15 is 0 Å². The molecule has 0 atom stereocenters. The van der Waals surface area contributed by atoms with E-state index in [9.17, 15) is 13.2 Å². The van der Waals surface area contributed by atoms with Crippen LogP contribution in [0.15, 0.2) is 5.16 Å². The van der Waals surface area contributed by atoms with Gasteiger partial charge < -0.3 is 5.84 Å². The zero-order valence-corrected chi connectivity index (χ0v) is 10.1. The second-order valence-electron chi connectivity index (χ2n) is 4.63. The normalized spacial score (nSPS) is 19.1. The van der Waals surface area contributed by atoms with Crippen LogP contribution < -0.4 is 5.84 Å². The van der Waals surface area contributed by atoms with Crippen LogP contribution in [-0.4, -0.2) is 20.6 Å². The molecular weight excluding hydrogens is 253 g/mol. The number of alkyl halides is 3. The molecule has 8 heteroatoms. The van der Waals surface area contributed by atoms with Gasteiger partial charge in [-0.05, 0) is 18.3 Å². The molecule has 0 radical (unpaired) electrons. The molecule has 0 aromatic carbocycles. The number of nitrogens with zero attached hydrogens (tertiary/aromatic N) is 3. The van der Waals surface area contributed by atoms with Crippen molar-refractivity contribution in [3.05, 3.63) is 5.82 Å². The van der Waals surface area contributed by atoms with Crippen molar-refractivity contribution in [3.63, 3.8) is 0 Å². The van der Waals surface area contributed by atoms with Gasteiger partial charge in [-0.25, -0.2) is 4.68 Å². The maximum Gasteiger partial charge on any atom is 0.453 e. The van der Waals surface area contributed by atoms with Crippen LogP contribution in [0.3, 0.4) is 0 Å². The predicted octanol–water partition coefficient (Wildman–Crippen LogP) is 2.29. The SMILES string of the molecule is CC1(CSc2nnc(C(F)(F)F)n2N)CCC1. The van der Waals surface area contributed by atoms with E-state index in [2.05, 4.69) is 17.1 Å². The summed E-state index contributed by atoms with van der Waals surface area (Å²) >= 11 is 1.23. The van der Waals surface area contributed by atoms with E-state index in [1.807, 2.05) is 0 Å². The average molecular weight is 266 g/mol. The number of hydrogen-bond donors (Lipinski definition) is 1. The molecule has 0 aliphatic heterocycles. The first-order valence-electron chi connectivity index (χ1n) is 5.22. The highest BCUT2D eigenvalue weighted by molar-refractivity contribution is 7.99. The van der Waals surface area contributed by atoms with E-state index in [1.54, 1.807) is 0 Å². The number of thioether (sulfide) groups is 1. The van der Waals surface area contributed by atoms with Gasteiger partial charge in [0.05, 0.1) is 0 Å². The molecule has 0 amide bonds. The Kier molecular flexibility index (Phi) is 3.01. The molecule has 1 saturated carbocycles. The minimum atomic E-state index is -4.55. The summed E-state index contributed by atoms with van der Waals surface area (Å²) in [7, 11) is 0. The second-order valence-corrected chi connectivity index (χ2v) is 5.57. The molecule has 1 aromatic rings. The fourth-order valence-corrected chi connectivity index (χ4v) is 2.82. The number of nitrogen functional groups attached to an aromatic ring is 1. The molecule has 1 aliphatic rings. The van der Waals surface area contributed by atoms with Gasteiger partial charge in [0.1, 0.15) is 0 Å². The molecule has 0 unspecified atom stereocenters. The number of hydrogen-bond acceptors (Lipinski definition) is 4. The zero-order valence-electron chi connectivity index (χ0n) is 9.29. The van der Waals surface area contributed by atoms with Gasteiger partial charge in [-0.15, -0.1) is 10.2 Å². The van der Waals surface area contributed by atoms with Gasteiger partial charge in [-0.1, -0.05) is 25.1 Å². The highest BCUT2D eigenvalue weighted by Gasteiger charge is 2.39. The maximum atomic E-state index is 12.4. The lowest BCUT2D eigenvalue weighted by Crippen LogP contribution is -2.28. The van der Waals surface area contributed by atoms with Crippen molar-refractivity contribution in [1.29, 1.82) is 0 Å². The van der Waals surface area contributed by atoms with Gasteiger partial charge in [0.15, 0.2) is 0 Å². The summed E-state index contributed by atoms with van der Waals surface area (Å²) in [6, 6.07) is 0. The van der Waals surface area contributed by atoms with Crippen LogP contribution >= 0.6 is 11.8 Å². The van der Waals surface area contributed by atoms with E-state index < -0.39 is 12.0 Å². The van der Waals surface area contributed by atoms with Crippen molar-refractivity contribution in [1.82, 2.24) is 14.9 Å². The molecule has 0 bridgehead atoms. The lowest BCUT2D eigenvalue weighted by Gasteiger charge is -2.37. The number of rotatable bonds is 3. The Bertz CT molecular complexity index is 411. The van der Waals surface area contributed by atoms with Crippen LogP contribution in [-0.2, 0) is 6.18 Å². The topological polar surface area (TPSA) is 56.7 Å². The smallest absolute Gasteiger partial charge is 0.335 e. The standard InChI is InChI=1S/C9H13F3N4S/c1-8(3-2-4-8)5-17-7-15-14-6(16(7)13)9(10,11)12/h2-5,13H2,1H3. The van der Waals surface area contributed by atoms with Crippen molar-refractivity contribution in [2.75, 3.05) is 11.6 Å². The Morgan fingerprint density at radius 2 is 2.06 bits per heavy atom. The molecule has 1 heterocycles. The molecule has 17 heavy (non-hydrogen) atoms. The van der Waals surface area contributed by atoms with Crippen molar-refractivity contribution in [3.8, 4) is 0 Å². The van der Waals surface area contributed by atoms with Crippen LogP contribution in [0.5, 0.6) is 0 Å². The summed E-state index contributed by atoms with van der Waals surface area (Å²) < 4.78 is 37.7. The molecule has 1 fully saturated rings. The molecule has 0 spiro atoms. The first kappa shape index (κ1) is 12.5. The summed E-state index contributed by atoms with van der Waals surface area (Å²) in [5, 5.41) is 6.66. The predicted molar refractivity (Wildman–Crippen MR) is 57.9 cm³/mol. The summed E-state index contributed by atoms with van der Waals surface area (Å²) in [6.07, 6.45) is -1.17. The molecule has 1 aromatic heterocycles. The van der Waals surface area contributed by atoms with Gasteiger partial charge in [0.2, 0.25) is 5.16 Å². The molecule has 2 N–H and O–H groups in total. The van der Waals surface area contributed by atoms with Crippen LogP contribution in [0.2, 0.25) is 0 Å². The van der Waals surface area contributed by atoms with Gasteiger partial charge in [0.25, 0.3) is 5.82 Å². The number of halogens is 3. The number of aromatic nitrogens is 3. The summed E-state index contributed by atoms with van der Waals surface area (Å²) in [5.74, 6) is 4.90. The van der Waals surface area contributed by atoms with Crippen LogP contribution in [0.25, 0.3) is 0 Å². The Hall–Kier alpha value is -0.920. The molecule has 1 aliphatic carbocycles. The van der Waals surface area contributed by atoms with E-state index in [1.165, 1.54) is 18.2 Å². The average Bonchev–Trinajstić information content (AvgIpc) is 2.53. The molecule has 0 saturated heterocycles. The van der Waals surface area contributed by atoms with Crippen LogP contribution in [0, 0.1) is 5.41 Å². The summed E-state index contributed by atoms with van der Waals surface area (Å²) in [6.45, 7) is 2.12. The van der Waals surface area contributed by atoms with Crippen molar-refractivity contribution in [2.45, 2.75) is 37.5 Å². The van der Waals surface area contributed by atoms with E-state index in [4.69, 9.17) is 5.84 Å². The monoisotopic (exact) mass is 266 g/mol. The third-order valence-electron chi connectivity index (χ3n) is 3.03.